The van der Waals surface area contributed by atoms with E-state index in [-0.39, 0.29) is 5.91 Å². The lowest BCUT2D eigenvalue weighted by Gasteiger charge is -2.14. The minimum atomic E-state index is -0.592. The molecule has 0 unspecified atom stereocenters. The van der Waals surface area contributed by atoms with Crippen molar-refractivity contribution >= 4 is 11.6 Å². The molecular weight excluding hydrogens is 302 g/mol. The fraction of sp³-hybridized carbons (Fsp3) is 0.316. The molecule has 0 aliphatic heterocycles. The monoisotopic (exact) mass is 327 g/mol. The molecule has 0 aliphatic rings. The van der Waals surface area contributed by atoms with Crippen LogP contribution in [-0.4, -0.2) is 44.1 Å². The molecule has 2 aromatic carbocycles. The highest BCUT2D eigenvalue weighted by Crippen LogP contribution is 2.17. The smallest absolute Gasteiger partial charge is 0.241 e. The van der Waals surface area contributed by atoms with Crippen molar-refractivity contribution in [3.05, 3.63) is 60.2 Å². The second-order valence-corrected chi connectivity index (χ2v) is 5.97. The maximum Gasteiger partial charge on any atom is 0.241 e. The number of nitrogens with one attached hydrogen (secondary N) is 1. The molecule has 5 heteroatoms. The van der Waals surface area contributed by atoms with Crippen LogP contribution in [0, 0.1) is 0 Å². The average molecular weight is 327 g/mol. The van der Waals surface area contributed by atoms with Crippen molar-refractivity contribution < 1.29 is 9.53 Å². The highest BCUT2D eigenvalue weighted by atomic mass is 16.5. The molecule has 0 aromatic heterocycles. The van der Waals surface area contributed by atoms with Gasteiger partial charge in [-0.1, -0.05) is 36.4 Å². The van der Waals surface area contributed by atoms with Crippen LogP contribution in [0.2, 0.25) is 0 Å². The van der Waals surface area contributed by atoms with Crippen LogP contribution < -0.4 is 15.8 Å². The first-order chi connectivity index (χ1) is 11.5. The first-order valence-electron chi connectivity index (χ1n) is 8.02. The molecule has 0 heterocycles. The van der Waals surface area contributed by atoms with Crippen molar-refractivity contribution in [2.75, 3.05) is 32.6 Å². The Hall–Kier alpha value is -2.37. The maximum absolute atomic E-state index is 12.2. The van der Waals surface area contributed by atoms with Crippen LogP contribution >= 0.6 is 0 Å². The van der Waals surface area contributed by atoms with Gasteiger partial charge in [0.1, 0.15) is 12.4 Å². The number of nitrogens with zero attached hydrogens (tertiary/aromatic N) is 1. The van der Waals surface area contributed by atoms with Crippen LogP contribution in [0.3, 0.4) is 0 Å². The van der Waals surface area contributed by atoms with Crippen LogP contribution in [0.4, 0.5) is 5.69 Å². The summed E-state index contributed by atoms with van der Waals surface area (Å²) in [5.74, 6) is 0.524. The van der Waals surface area contributed by atoms with Gasteiger partial charge in [-0.05, 0) is 38.2 Å². The number of rotatable bonds is 8. The zero-order valence-electron chi connectivity index (χ0n) is 14.2. The highest BCUT2D eigenvalue weighted by Gasteiger charge is 2.14. The molecule has 2 aromatic rings. The third kappa shape index (κ3) is 6.02. The summed E-state index contributed by atoms with van der Waals surface area (Å²) in [6, 6.07) is 16.5. The molecule has 0 fully saturated rings. The lowest BCUT2D eigenvalue weighted by molar-refractivity contribution is -0.117. The Kier molecular flexibility index (Phi) is 6.78. The normalized spacial score (nSPS) is 12.0. The van der Waals surface area contributed by atoms with Gasteiger partial charge < -0.3 is 20.7 Å². The summed E-state index contributed by atoms with van der Waals surface area (Å²) in [6.45, 7) is 1.43. The van der Waals surface area contributed by atoms with Crippen molar-refractivity contribution in [1.82, 2.24) is 4.90 Å². The third-order valence-corrected chi connectivity index (χ3v) is 3.54. The van der Waals surface area contributed by atoms with E-state index in [1.807, 2.05) is 73.6 Å². The molecule has 0 spiro atoms. The summed E-state index contributed by atoms with van der Waals surface area (Å²) in [4.78, 5) is 14.3. The zero-order valence-corrected chi connectivity index (χ0v) is 14.2. The van der Waals surface area contributed by atoms with Gasteiger partial charge in [0.2, 0.25) is 5.91 Å². The molecule has 128 valence electrons. The summed E-state index contributed by atoms with van der Waals surface area (Å²) < 4.78 is 5.67. The van der Waals surface area contributed by atoms with E-state index in [4.69, 9.17) is 10.5 Å². The fourth-order valence-corrected chi connectivity index (χ4v) is 2.21. The standard InChI is InChI=1S/C19H25N3O2/c1-22(2)11-12-24-17-10-6-9-16(14-17)21-19(23)18(20)13-15-7-4-3-5-8-15/h3-10,14,18H,11-13,20H2,1-2H3,(H,21,23)/t18-/m0/s1. The Labute approximate surface area is 143 Å². The summed E-state index contributed by atoms with van der Waals surface area (Å²) >= 11 is 0. The summed E-state index contributed by atoms with van der Waals surface area (Å²) in [6.07, 6.45) is 0.506. The lowest BCUT2D eigenvalue weighted by atomic mass is 10.1. The van der Waals surface area contributed by atoms with E-state index in [0.29, 0.717) is 18.7 Å². The third-order valence-electron chi connectivity index (χ3n) is 3.54. The van der Waals surface area contributed by atoms with E-state index in [1.165, 1.54) is 0 Å². The number of ether oxygens (including phenoxy) is 1. The Balaban J connectivity index is 1.88. The van der Waals surface area contributed by atoms with Gasteiger partial charge in [-0.25, -0.2) is 0 Å². The van der Waals surface area contributed by atoms with E-state index in [2.05, 4.69) is 5.32 Å². The Morgan fingerprint density at radius 3 is 2.62 bits per heavy atom. The molecule has 0 saturated carbocycles. The molecule has 2 rings (SSSR count). The molecule has 0 radical (unpaired) electrons. The molecule has 0 saturated heterocycles. The van der Waals surface area contributed by atoms with Gasteiger partial charge in [-0.3, -0.25) is 4.79 Å². The number of likely N-dealkylation sites (N-methyl/N-ethyl adjacent to an activating group) is 1. The second-order valence-electron chi connectivity index (χ2n) is 5.97. The van der Waals surface area contributed by atoms with E-state index >= 15 is 0 Å². The minimum Gasteiger partial charge on any atom is -0.492 e. The van der Waals surface area contributed by atoms with Crippen molar-refractivity contribution in [1.29, 1.82) is 0 Å². The van der Waals surface area contributed by atoms with Gasteiger partial charge in [-0.2, -0.15) is 0 Å². The Morgan fingerprint density at radius 2 is 1.92 bits per heavy atom. The van der Waals surface area contributed by atoms with Gasteiger partial charge >= 0.3 is 0 Å². The van der Waals surface area contributed by atoms with Gasteiger partial charge in [0.05, 0.1) is 6.04 Å². The number of nitrogens with two attached hydrogens (primary N) is 1. The first-order valence-corrected chi connectivity index (χ1v) is 8.02. The van der Waals surface area contributed by atoms with Gasteiger partial charge in [0.15, 0.2) is 0 Å². The van der Waals surface area contributed by atoms with Crippen LogP contribution in [0.25, 0.3) is 0 Å². The number of benzene rings is 2. The lowest BCUT2D eigenvalue weighted by Crippen LogP contribution is -2.37. The van der Waals surface area contributed by atoms with E-state index in [1.54, 1.807) is 0 Å². The maximum atomic E-state index is 12.2. The summed E-state index contributed by atoms with van der Waals surface area (Å²) in [5, 5.41) is 2.85. The number of hydrogen-bond acceptors (Lipinski definition) is 4. The van der Waals surface area contributed by atoms with E-state index in [9.17, 15) is 4.79 Å². The second kappa shape index (κ2) is 9.05. The summed E-state index contributed by atoms with van der Waals surface area (Å²) in [5.41, 5.74) is 7.73. The summed E-state index contributed by atoms with van der Waals surface area (Å²) in [7, 11) is 3.99. The largest absolute Gasteiger partial charge is 0.492 e. The zero-order chi connectivity index (χ0) is 17.4. The van der Waals surface area contributed by atoms with Crippen LogP contribution in [0.5, 0.6) is 5.75 Å². The Morgan fingerprint density at radius 1 is 1.17 bits per heavy atom. The van der Waals surface area contributed by atoms with Gasteiger partial charge in [0, 0.05) is 18.3 Å². The topological polar surface area (TPSA) is 67.6 Å². The van der Waals surface area contributed by atoms with Crippen LogP contribution in [0.1, 0.15) is 5.56 Å². The van der Waals surface area contributed by atoms with Crippen LogP contribution in [0.15, 0.2) is 54.6 Å². The van der Waals surface area contributed by atoms with Crippen molar-refractivity contribution in [2.45, 2.75) is 12.5 Å². The molecule has 0 aliphatic carbocycles. The average Bonchev–Trinajstić information content (AvgIpc) is 2.55. The van der Waals surface area contributed by atoms with Gasteiger partial charge in [-0.15, -0.1) is 0 Å². The van der Waals surface area contributed by atoms with Crippen molar-refractivity contribution in [2.24, 2.45) is 5.73 Å². The fourth-order valence-electron chi connectivity index (χ4n) is 2.21. The molecular formula is C19H25N3O2. The quantitative estimate of drug-likeness (QED) is 0.779. The predicted octanol–water partition coefficient (Wildman–Crippen LogP) is 2.14. The van der Waals surface area contributed by atoms with Crippen molar-refractivity contribution in [3.8, 4) is 5.75 Å². The van der Waals surface area contributed by atoms with E-state index in [0.717, 1.165) is 17.9 Å². The molecule has 5 nitrogen and oxygen atoms in total. The van der Waals surface area contributed by atoms with Crippen molar-refractivity contribution in [3.63, 3.8) is 0 Å². The number of anilines is 1. The molecule has 24 heavy (non-hydrogen) atoms. The minimum absolute atomic E-state index is 0.204. The molecule has 1 amide bonds. The van der Waals surface area contributed by atoms with E-state index < -0.39 is 6.04 Å². The number of carbonyl (C=O) groups is 1. The number of hydrogen-bond donors (Lipinski definition) is 2. The predicted molar refractivity (Wildman–Crippen MR) is 97.2 cm³/mol. The number of amides is 1. The highest BCUT2D eigenvalue weighted by molar-refractivity contribution is 5.95. The Bertz CT molecular complexity index is 644. The molecule has 3 N–H and O–H groups in total. The van der Waals surface area contributed by atoms with Gasteiger partial charge in [0.25, 0.3) is 0 Å². The molecule has 1 atom stereocenters. The number of carbonyl (C=O) groups excluding carboxylic acids is 1. The molecule has 0 bridgehead atoms. The van der Waals surface area contributed by atoms with Crippen LogP contribution in [-0.2, 0) is 11.2 Å². The SMILES string of the molecule is CN(C)CCOc1cccc(NC(=O)[C@@H](N)Cc2ccccc2)c1. The first kappa shape index (κ1) is 18.0.